The first-order chi connectivity index (χ1) is 11.7. The summed E-state index contributed by atoms with van der Waals surface area (Å²) in [5.41, 5.74) is 2.76. The van der Waals surface area contributed by atoms with E-state index >= 15 is 0 Å². The van der Waals surface area contributed by atoms with E-state index in [9.17, 15) is 9.90 Å². The van der Waals surface area contributed by atoms with E-state index in [1.807, 2.05) is 27.7 Å². The van der Waals surface area contributed by atoms with Crippen LogP contribution in [0.2, 0.25) is 0 Å². The predicted molar refractivity (Wildman–Crippen MR) is 100 cm³/mol. The van der Waals surface area contributed by atoms with Crippen molar-refractivity contribution in [3.05, 3.63) is 22.3 Å². The number of rotatable bonds is 6. The van der Waals surface area contributed by atoms with Gasteiger partial charge in [0.15, 0.2) is 5.60 Å². The van der Waals surface area contributed by atoms with Crippen molar-refractivity contribution < 1.29 is 14.6 Å². The fourth-order valence-electron chi connectivity index (χ4n) is 3.46. The number of hydrogen-bond donors (Lipinski definition) is 2. The third-order valence-corrected chi connectivity index (χ3v) is 5.61. The smallest absolute Gasteiger partial charge is 0.263 e. The van der Waals surface area contributed by atoms with E-state index in [4.69, 9.17) is 4.74 Å². The Balaban J connectivity index is 2.13. The van der Waals surface area contributed by atoms with Gasteiger partial charge in [0.05, 0.1) is 0 Å². The van der Waals surface area contributed by atoms with Gasteiger partial charge < -0.3 is 20.1 Å². The summed E-state index contributed by atoms with van der Waals surface area (Å²) in [6.07, 6.45) is 1.34. The summed E-state index contributed by atoms with van der Waals surface area (Å²) >= 11 is 0. The molecule has 2 N–H and O–H groups in total. The first kappa shape index (κ1) is 19.6. The zero-order valence-corrected chi connectivity index (χ0v) is 16.5. The maximum absolute atomic E-state index is 12.7. The molecule has 0 radical (unpaired) electrons. The number of benzene rings is 1. The molecule has 25 heavy (non-hydrogen) atoms. The molecule has 0 spiro atoms. The average molecular weight is 348 g/mol. The number of phenols is 1. The second-order valence-electron chi connectivity index (χ2n) is 7.15. The van der Waals surface area contributed by atoms with Crippen molar-refractivity contribution in [3.63, 3.8) is 0 Å². The highest BCUT2D eigenvalue weighted by Crippen LogP contribution is 2.43. The normalized spacial score (nSPS) is 19.5. The Morgan fingerprint density at radius 2 is 1.84 bits per heavy atom. The van der Waals surface area contributed by atoms with E-state index in [-0.39, 0.29) is 5.91 Å². The van der Waals surface area contributed by atoms with E-state index in [1.54, 1.807) is 0 Å². The van der Waals surface area contributed by atoms with Crippen LogP contribution in [0.4, 0.5) is 0 Å². The fourth-order valence-corrected chi connectivity index (χ4v) is 3.46. The van der Waals surface area contributed by atoms with Gasteiger partial charge in [-0.25, -0.2) is 0 Å². The van der Waals surface area contributed by atoms with Crippen LogP contribution in [0.1, 0.15) is 49.4 Å². The van der Waals surface area contributed by atoms with Gasteiger partial charge in [-0.2, -0.15) is 0 Å². The Morgan fingerprint density at radius 1 is 1.20 bits per heavy atom. The summed E-state index contributed by atoms with van der Waals surface area (Å²) in [6, 6.07) is 0. The second-order valence-corrected chi connectivity index (χ2v) is 7.15. The van der Waals surface area contributed by atoms with E-state index in [1.165, 1.54) is 0 Å². The van der Waals surface area contributed by atoms with E-state index < -0.39 is 5.60 Å². The summed E-state index contributed by atoms with van der Waals surface area (Å²) in [6.45, 7) is 15.3. The highest BCUT2D eigenvalue weighted by Gasteiger charge is 2.40. The number of carbonyl (C=O) groups is 1. The fraction of sp³-hybridized carbons (Fsp3) is 0.650. The van der Waals surface area contributed by atoms with Crippen LogP contribution in [0.25, 0.3) is 0 Å². The molecule has 1 amide bonds. The van der Waals surface area contributed by atoms with Crippen LogP contribution in [0.3, 0.4) is 0 Å². The first-order valence-corrected chi connectivity index (χ1v) is 9.26. The summed E-state index contributed by atoms with van der Waals surface area (Å²) in [7, 11) is 0. The summed E-state index contributed by atoms with van der Waals surface area (Å²) in [4.78, 5) is 15.0. The maximum Gasteiger partial charge on any atom is 0.263 e. The van der Waals surface area contributed by atoms with Crippen molar-refractivity contribution in [3.8, 4) is 11.5 Å². The van der Waals surface area contributed by atoms with Gasteiger partial charge in [0, 0.05) is 25.1 Å². The van der Waals surface area contributed by atoms with Crippen LogP contribution in [-0.2, 0) is 11.2 Å². The van der Waals surface area contributed by atoms with Crippen LogP contribution < -0.4 is 10.1 Å². The maximum atomic E-state index is 12.7. The van der Waals surface area contributed by atoms with Gasteiger partial charge in [-0.3, -0.25) is 4.79 Å². The average Bonchev–Trinajstić information content (AvgIpc) is 2.61. The number of nitrogens with one attached hydrogen (secondary N) is 1. The van der Waals surface area contributed by atoms with Gasteiger partial charge in [-0.05, 0) is 63.9 Å². The van der Waals surface area contributed by atoms with Gasteiger partial charge in [0.2, 0.25) is 0 Å². The third kappa shape index (κ3) is 3.76. The number of nitrogens with zero attached hydrogens (tertiary/aromatic N) is 1. The number of phenolic OH excluding ortho intramolecular Hbond substituents is 1. The quantitative estimate of drug-likeness (QED) is 0.830. The largest absolute Gasteiger partial charge is 0.507 e. The number of aromatic hydroxyl groups is 1. The van der Waals surface area contributed by atoms with Gasteiger partial charge in [-0.15, -0.1) is 0 Å². The number of likely N-dealkylation sites (N-methyl/N-ethyl adjacent to an activating group) is 1. The summed E-state index contributed by atoms with van der Waals surface area (Å²) in [5, 5.41) is 13.3. The lowest BCUT2D eigenvalue weighted by Crippen LogP contribution is -2.52. The Hall–Kier alpha value is -1.75. The van der Waals surface area contributed by atoms with Crippen LogP contribution in [0.15, 0.2) is 0 Å². The van der Waals surface area contributed by atoms with Crippen LogP contribution >= 0.6 is 0 Å². The molecule has 140 valence electrons. The number of ether oxygens (including phenoxy) is 1. The zero-order valence-electron chi connectivity index (χ0n) is 16.5. The molecule has 5 heteroatoms. The Kier molecular flexibility index (Phi) is 5.99. The third-order valence-electron chi connectivity index (χ3n) is 5.61. The minimum Gasteiger partial charge on any atom is -0.507 e. The molecule has 2 rings (SSSR count). The lowest BCUT2D eigenvalue weighted by molar-refractivity contribution is -0.137. The van der Waals surface area contributed by atoms with Crippen molar-refractivity contribution in [1.29, 1.82) is 0 Å². The van der Waals surface area contributed by atoms with E-state index in [2.05, 4.69) is 24.1 Å². The minimum absolute atomic E-state index is 0.0620. The number of fused-ring (bicyclic) bond motifs is 1. The van der Waals surface area contributed by atoms with Crippen molar-refractivity contribution >= 4 is 5.91 Å². The number of hydrogen-bond acceptors (Lipinski definition) is 4. The topological polar surface area (TPSA) is 61.8 Å². The molecule has 1 unspecified atom stereocenters. The lowest BCUT2D eigenvalue weighted by atomic mass is 9.86. The van der Waals surface area contributed by atoms with Crippen LogP contribution in [0.5, 0.6) is 11.5 Å². The van der Waals surface area contributed by atoms with E-state index in [0.717, 1.165) is 54.1 Å². The molecule has 1 aliphatic rings. The SMILES string of the molecule is CCN(CC)CCNC(=O)C1(C)CCc2c(C)c(O)c(C)c(C)c2O1. The molecule has 0 aliphatic carbocycles. The molecule has 1 aromatic rings. The molecule has 0 fully saturated rings. The Labute approximate surface area is 151 Å². The van der Waals surface area contributed by atoms with Crippen molar-refractivity contribution in [1.82, 2.24) is 10.2 Å². The molecule has 0 saturated carbocycles. The van der Waals surface area contributed by atoms with Crippen molar-refractivity contribution in [2.45, 2.75) is 60.0 Å². The van der Waals surface area contributed by atoms with Gasteiger partial charge in [-0.1, -0.05) is 13.8 Å². The Morgan fingerprint density at radius 3 is 2.44 bits per heavy atom. The molecule has 0 bridgehead atoms. The zero-order chi connectivity index (χ0) is 18.8. The standard InChI is InChI=1S/C20H32N2O3/c1-7-22(8-2)12-11-21-19(24)20(6)10-9-16-15(5)17(23)13(3)14(4)18(16)25-20/h23H,7-12H2,1-6H3,(H,21,24). The molecule has 0 aromatic heterocycles. The molecule has 1 aliphatic heterocycles. The molecule has 0 saturated heterocycles. The highest BCUT2D eigenvalue weighted by atomic mass is 16.5. The minimum atomic E-state index is -0.864. The molecule has 1 heterocycles. The molecule has 1 atom stereocenters. The van der Waals surface area contributed by atoms with Crippen molar-refractivity contribution in [2.75, 3.05) is 26.2 Å². The van der Waals surface area contributed by atoms with Gasteiger partial charge in [0.1, 0.15) is 11.5 Å². The van der Waals surface area contributed by atoms with Crippen molar-refractivity contribution in [2.24, 2.45) is 0 Å². The van der Waals surface area contributed by atoms with Gasteiger partial charge >= 0.3 is 0 Å². The van der Waals surface area contributed by atoms with Crippen LogP contribution in [-0.4, -0.2) is 47.7 Å². The second kappa shape index (κ2) is 7.65. The van der Waals surface area contributed by atoms with Gasteiger partial charge in [0.25, 0.3) is 5.91 Å². The first-order valence-electron chi connectivity index (χ1n) is 9.26. The molecular weight excluding hydrogens is 316 g/mol. The molecule has 5 nitrogen and oxygen atoms in total. The predicted octanol–water partition coefficient (Wildman–Crippen LogP) is 2.86. The van der Waals surface area contributed by atoms with E-state index in [0.29, 0.717) is 18.7 Å². The monoisotopic (exact) mass is 348 g/mol. The number of amides is 1. The highest BCUT2D eigenvalue weighted by molar-refractivity contribution is 5.85. The van der Waals surface area contributed by atoms with Crippen LogP contribution in [0, 0.1) is 20.8 Å². The molecule has 1 aromatic carbocycles. The number of carbonyl (C=O) groups excluding carboxylic acids is 1. The summed E-state index contributed by atoms with van der Waals surface area (Å²) < 4.78 is 6.20. The lowest BCUT2D eigenvalue weighted by Gasteiger charge is -2.36. The molecular formula is C20H32N2O3. The Bertz CT molecular complexity index is 653. The summed E-state index contributed by atoms with van der Waals surface area (Å²) in [5.74, 6) is 1.04.